The van der Waals surface area contributed by atoms with Crippen molar-refractivity contribution in [3.8, 4) is 0 Å². The molecule has 0 spiro atoms. The van der Waals surface area contributed by atoms with Crippen LogP contribution in [0.1, 0.15) is 11.6 Å². The third-order valence-corrected chi connectivity index (χ3v) is 3.56. The second-order valence-electron chi connectivity index (χ2n) is 5.01. The first-order chi connectivity index (χ1) is 11.1. The van der Waals surface area contributed by atoms with Crippen molar-refractivity contribution in [1.82, 2.24) is 0 Å². The van der Waals surface area contributed by atoms with Gasteiger partial charge in [-0.15, -0.1) is 0 Å². The van der Waals surface area contributed by atoms with Gasteiger partial charge in [-0.2, -0.15) is 0 Å². The lowest BCUT2D eigenvalue weighted by molar-refractivity contribution is 0.262. The second kappa shape index (κ2) is 6.58. The number of amides is 2. The van der Waals surface area contributed by atoms with Crippen LogP contribution >= 0.6 is 11.6 Å². The molecule has 7 heteroatoms. The first-order valence-corrected chi connectivity index (χ1v) is 7.37. The van der Waals surface area contributed by atoms with Gasteiger partial charge in [0.2, 0.25) is 0 Å². The molecule has 6 nitrogen and oxygen atoms in total. The minimum Gasteiger partial charge on any atom is -0.463 e. The van der Waals surface area contributed by atoms with Crippen LogP contribution in [0, 0.1) is 0 Å². The monoisotopic (exact) mass is 330 g/mol. The molecule has 2 aromatic rings. The van der Waals surface area contributed by atoms with Crippen molar-refractivity contribution in [3.63, 3.8) is 0 Å². The molecule has 1 heterocycles. The quantitative estimate of drug-likeness (QED) is 0.806. The fourth-order valence-corrected chi connectivity index (χ4v) is 2.34. The molecule has 1 aliphatic heterocycles. The average Bonchev–Trinajstić information content (AvgIpc) is 2.96. The third-order valence-electron chi connectivity index (χ3n) is 3.30. The molecule has 0 bridgehead atoms. The molecular formula is C16H15ClN4O2. The van der Waals surface area contributed by atoms with E-state index in [4.69, 9.17) is 22.1 Å². The van der Waals surface area contributed by atoms with Gasteiger partial charge in [-0.05, 0) is 42.0 Å². The van der Waals surface area contributed by atoms with Crippen molar-refractivity contribution in [2.45, 2.75) is 6.04 Å². The molecule has 1 unspecified atom stereocenters. The Morgan fingerprint density at radius 2 is 1.91 bits per heavy atom. The number of amidine groups is 1. The van der Waals surface area contributed by atoms with Crippen molar-refractivity contribution in [1.29, 1.82) is 0 Å². The van der Waals surface area contributed by atoms with Crippen molar-refractivity contribution in [2.75, 3.05) is 17.2 Å². The number of benzene rings is 2. The summed E-state index contributed by atoms with van der Waals surface area (Å²) in [5, 5.41) is 6.12. The fraction of sp³-hybridized carbons (Fsp3) is 0.125. The molecule has 0 saturated heterocycles. The Hall–Kier alpha value is -2.73. The molecular weight excluding hydrogens is 316 g/mol. The van der Waals surface area contributed by atoms with Crippen molar-refractivity contribution in [3.05, 3.63) is 59.1 Å². The van der Waals surface area contributed by atoms with Gasteiger partial charge in [0.1, 0.15) is 12.6 Å². The fourth-order valence-electron chi connectivity index (χ4n) is 2.21. The van der Waals surface area contributed by atoms with Gasteiger partial charge in [0, 0.05) is 16.4 Å². The molecule has 118 valence electrons. The smallest absolute Gasteiger partial charge is 0.323 e. The van der Waals surface area contributed by atoms with Gasteiger partial charge in [0.15, 0.2) is 0 Å². The Morgan fingerprint density at radius 1 is 1.17 bits per heavy atom. The van der Waals surface area contributed by atoms with Gasteiger partial charge in [0.25, 0.3) is 6.02 Å². The predicted molar refractivity (Wildman–Crippen MR) is 90.9 cm³/mol. The number of aliphatic imine (C=N–C) groups is 1. The number of hydrogen-bond acceptors (Lipinski definition) is 4. The maximum Gasteiger partial charge on any atom is 0.323 e. The highest BCUT2D eigenvalue weighted by Gasteiger charge is 2.19. The largest absolute Gasteiger partial charge is 0.463 e. The van der Waals surface area contributed by atoms with Gasteiger partial charge >= 0.3 is 6.03 Å². The average molecular weight is 331 g/mol. The van der Waals surface area contributed by atoms with Crippen LogP contribution in [-0.4, -0.2) is 18.7 Å². The minimum absolute atomic E-state index is 0.143. The van der Waals surface area contributed by atoms with E-state index in [9.17, 15) is 4.79 Å². The number of ether oxygens (including phenoxy) is 1. The Balaban J connectivity index is 1.65. The first-order valence-electron chi connectivity index (χ1n) is 7.00. The van der Waals surface area contributed by atoms with Crippen molar-refractivity contribution < 1.29 is 9.53 Å². The number of hydrogen-bond donors (Lipinski definition) is 3. The summed E-state index contributed by atoms with van der Waals surface area (Å²) in [6.07, 6.45) is 0. The lowest BCUT2D eigenvalue weighted by Gasteiger charge is -2.10. The van der Waals surface area contributed by atoms with E-state index in [1.165, 1.54) is 0 Å². The molecule has 0 fully saturated rings. The summed E-state index contributed by atoms with van der Waals surface area (Å²) in [5.41, 5.74) is 7.76. The maximum absolute atomic E-state index is 12.0. The lowest BCUT2D eigenvalue weighted by atomic mass is 10.1. The van der Waals surface area contributed by atoms with Gasteiger partial charge in [-0.25, -0.2) is 9.79 Å². The summed E-state index contributed by atoms with van der Waals surface area (Å²) in [6, 6.07) is 14.0. The van der Waals surface area contributed by atoms with E-state index in [0.29, 0.717) is 23.0 Å². The highest BCUT2D eigenvalue weighted by molar-refractivity contribution is 6.30. The normalized spacial score (nSPS) is 16.4. The number of anilines is 2. The number of halogens is 1. The number of carbonyl (C=O) groups is 1. The van der Waals surface area contributed by atoms with Crippen LogP contribution in [0.2, 0.25) is 5.02 Å². The van der Waals surface area contributed by atoms with E-state index in [-0.39, 0.29) is 18.1 Å². The van der Waals surface area contributed by atoms with E-state index in [1.54, 1.807) is 30.3 Å². The summed E-state index contributed by atoms with van der Waals surface area (Å²) < 4.78 is 5.15. The van der Waals surface area contributed by atoms with E-state index < -0.39 is 0 Å². The van der Waals surface area contributed by atoms with Crippen LogP contribution < -0.4 is 16.4 Å². The topological polar surface area (TPSA) is 88.7 Å². The summed E-state index contributed by atoms with van der Waals surface area (Å²) >= 11 is 5.81. The molecule has 2 aromatic carbocycles. The van der Waals surface area contributed by atoms with Gasteiger partial charge in [-0.1, -0.05) is 23.7 Å². The Kier molecular flexibility index (Phi) is 4.34. The van der Waals surface area contributed by atoms with Gasteiger partial charge in [0.05, 0.1) is 0 Å². The van der Waals surface area contributed by atoms with Gasteiger partial charge in [-0.3, -0.25) is 0 Å². The third kappa shape index (κ3) is 3.92. The number of nitrogens with two attached hydrogens (primary N) is 1. The van der Waals surface area contributed by atoms with Crippen LogP contribution in [0.5, 0.6) is 0 Å². The van der Waals surface area contributed by atoms with Crippen LogP contribution in [0.15, 0.2) is 53.5 Å². The molecule has 3 rings (SSSR count). The highest BCUT2D eigenvalue weighted by atomic mass is 35.5. The highest BCUT2D eigenvalue weighted by Crippen LogP contribution is 2.24. The molecule has 4 N–H and O–H groups in total. The maximum atomic E-state index is 12.0. The Labute approximate surface area is 138 Å². The zero-order chi connectivity index (χ0) is 16.2. The summed E-state index contributed by atoms with van der Waals surface area (Å²) in [5.74, 6) is 0. The van der Waals surface area contributed by atoms with Crippen molar-refractivity contribution in [2.24, 2.45) is 10.7 Å². The predicted octanol–water partition coefficient (Wildman–Crippen LogP) is 3.37. The molecule has 0 saturated carbocycles. The molecule has 1 aliphatic rings. The standard InChI is InChI=1S/C16H15ClN4O2/c17-11-4-6-12(7-5-11)19-16(22)20-13-3-1-2-10(8-13)14-9-23-15(18)21-14/h1-8,14H,9H2,(H2,18,21)(H2,19,20,22). The first kappa shape index (κ1) is 15.2. The molecule has 0 radical (unpaired) electrons. The van der Waals surface area contributed by atoms with Crippen molar-refractivity contribution >= 4 is 35.0 Å². The number of rotatable bonds is 3. The SMILES string of the molecule is NC1=NC(c2cccc(NC(=O)Nc3ccc(Cl)cc3)c2)CO1. The summed E-state index contributed by atoms with van der Waals surface area (Å²) in [6.45, 7) is 0.409. The lowest BCUT2D eigenvalue weighted by Crippen LogP contribution is -2.19. The van der Waals surface area contributed by atoms with Crippen LogP contribution in [0.4, 0.5) is 16.2 Å². The molecule has 2 amide bonds. The molecule has 0 aliphatic carbocycles. The second-order valence-corrected chi connectivity index (χ2v) is 5.44. The van der Waals surface area contributed by atoms with Gasteiger partial charge < -0.3 is 21.1 Å². The van der Waals surface area contributed by atoms with Crippen LogP contribution in [0.3, 0.4) is 0 Å². The molecule has 0 aromatic heterocycles. The van der Waals surface area contributed by atoms with E-state index >= 15 is 0 Å². The zero-order valence-electron chi connectivity index (χ0n) is 12.1. The van der Waals surface area contributed by atoms with E-state index in [2.05, 4.69) is 15.6 Å². The Morgan fingerprint density at radius 3 is 2.61 bits per heavy atom. The summed E-state index contributed by atoms with van der Waals surface area (Å²) in [4.78, 5) is 16.2. The summed E-state index contributed by atoms with van der Waals surface area (Å²) in [7, 11) is 0. The Bertz CT molecular complexity index is 746. The number of nitrogens with one attached hydrogen (secondary N) is 2. The number of nitrogens with zero attached hydrogens (tertiary/aromatic N) is 1. The zero-order valence-corrected chi connectivity index (χ0v) is 12.9. The molecule has 23 heavy (non-hydrogen) atoms. The van der Waals surface area contributed by atoms with E-state index in [0.717, 1.165) is 5.56 Å². The molecule has 1 atom stereocenters. The van der Waals surface area contributed by atoms with Crippen LogP contribution in [0.25, 0.3) is 0 Å². The van der Waals surface area contributed by atoms with Crippen LogP contribution in [-0.2, 0) is 4.74 Å². The number of carbonyl (C=O) groups excluding carboxylic acids is 1. The number of urea groups is 1. The minimum atomic E-state index is -0.338. The van der Waals surface area contributed by atoms with E-state index in [1.807, 2.05) is 18.2 Å².